The Hall–Kier alpha value is -1.26. The number of pyridine rings is 1. The Morgan fingerprint density at radius 3 is 2.89 bits per heavy atom. The van der Waals surface area contributed by atoms with Crippen LogP contribution in [0.1, 0.15) is 17.5 Å². The summed E-state index contributed by atoms with van der Waals surface area (Å²) >= 11 is 3.37. The van der Waals surface area contributed by atoms with Crippen LogP contribution in [-0.4, -0.2) is 16.2 Å². The molecule has 1 aromatic carbocycles. The topological polar surface area (TPSA) is 33.1 Å². The number of hydrogen-bond acceptors (Lipinski definition) is 2. The molecule has 1 heterocycles. The van der Waals surface area contributed by atoms with E-state index in [2.05, 4.69) is 20.9 Å². The van der Waals surface area contributed by atoms with Gasteiger partial charge in [-0.15, -0.1) is 0 Å². The van der Waals surface area contributed by atoms with Gasteiger partial charge in [-0.1, -0.05) is 22.0 Å². The van der Waals surface area contributed by atoms with Crippen molar-refractivity contribution in [2.75, 3.05) is 0 Å². The Kier molecular flexibility index (Phi) is 5.05. The lowest BCUT2D eigenvalue weighted by atomic mass is 10.0. The largest absolute Gasteiger partial charge is 0.393 e. The minimum absolute atomic E-state index is 0.280. The maximum Gasteiger partial charge on any atom is 0.123 e. The maximum absolute atomic E-state index is 13.1. The fourth-order valence-corrected chi connectivity index (χ4v) is 2.34. The molecule has 0 aliphatic rings. The summed E-state index contributed by atoms with van der Waals surface area (Å²) in [6.07, 6.45) is 4.88. The lowest BCUT2D eigenvalue weighted by Gasteiger charge is -2.12. The highest BCUT2D eigenvalue weighted by Gasteiger charge is 2.09. The first-order chi connectivity index (χ1) is 9.15. The molecular formula is C15H15BrFNO. The molecule has 2 nitrogen and oxygen atoms in total. The second-order valence-corrected chi connectivity index (χ2v) is 5.35. The smallest absolute Gasteiger partial charge is 0.123 e. The molecule has 0 radical (unpaired) electrons. The lowest BCUT2D eigenvalue weighted by molar-refractivity contribution is 0.165. The molecule has 1 N–H and O–H groups in total. The molecule has 19 heavy (non-hydrogen) atoms. The van der Waals surface area contributed by atoms with E-state index in [1.54, 1.807) is 18.5 Å². The number of halogens is 2. The van der Waals surface area contributed by atoms with Crippen LogP contribution in [-0.2, 0) is 12.8 Å². The zero-order valence-electron chi connectivity index (χ0n) is 10.4. The van der Waals surface area contributed by atoms with Crippen LogP contribution in [0.25, 0.3) is 0 Å². The van der Waals surface area contributed by atoms with Crippen LogP contribution < -0.4 is 0 Å². The Morgan fingerprint density at radius 1 is 1.32 bits per heavy atom. The van der Waals surface area contributed by atoms with E-state index in [4.69, 9.17) is 0 Å². The van der Waals surface area contributed by atoms with Gasteiger partial charge < -0.3 is 5.11 Å². The highest BCUT2D eigenvalue weighted by molar-refractivity contribution is 9.10. The molecule has 0 bridgehead atoms. The Bertz CT molecular complexity index is 533. The van der Waals surface area contributed by atoms with Gasteiger partial charge >= 0.3 is 0 Å². The van der Waals surface area contributed by atoms with Gasteiger partial charge in [-0.2, -0.15) is 0 Å². The van der Waals surface area contributed by atoms with Crippen LogP contribution in [0, 0.1) is 5.82 Å². The maximum atomic E-state index is 13.1. The molecule has 0 spiro atoms. The number of rotatable bonds is 5. The van der Waals surface area contributed by atoms with Crippen molar-refractivity contribution in [3.05, 3.63) is 64.1 Å². The third kappa shape index (κ3) is 4.40. The highest BCUT2D eigenvalue weighted by atomic mass is 79.9. The summed E-state index contributed by atoms with van der Waals surface area (Å²) in [5.74, 6) is -0.280. The quantitative estimate of drug-likeness (QED) is 0.913. The summed E-state index contributed by atoms with van der Waals surface area (Å²) in [6.45, 7) is 0. The van der Waals surface area contributed by atoms with Crippen LogP contribution >= 0.6 is 15.9 Å². The Morgan fingerprint density at radius 2 is 2.16 bits per heavy atom. The van der Waals surface area contributed by atoms with Crippen LogP contribution in [0.3, 0.4) is 0 Å². The molecule has 0 aliphatic carbocycles. The van der Waals surface area contributed by atoms with E-state index in [0.717, 1.165) is 22.0 Å². The van der Waals surface area contributed by atoms with Gasteiger partial charge in [-0.3, -0.25) is 4.98 Å². The number of benzene rings is 1. The summed E-state index contributed by atoms with van der Waals surface area (Å²) in [6, 6.07) is 8.38. The van der Waals surface area contributed by atoms with Gasteiger partial charge in [0.15, 0.2) is 0 Å². The first kappa shape index (κ1) is 14.2. The molecule has 4 heteroatoms. The van der Waals surface area contributed by atoms with Crippen molar-refractivity contribution in [3.63, 3.8) is 0 Å². The molecule has 0 aliphatic heterocycles. The number of aryl methyl sites for hydroxylation is 1. The van der Waals surface area contributed by atoms with Gasteiger partial charge in [-0.25, -0.2) is 4.39 Å². The third-order valence-corrected chi connectivity index (χ3v) is 3.73. The van der Waals surface area contributed by atoms with E-state index in [9.17, 15) is 9.50 Å². The minimum Gasteiger partial charge on any atom is -0.393 e. The van der Waals surface area contributed by atoms with Crippen molar-refractivity contribution in [3.8, 4) is 0 Å². The third-order valence-electron chi connectivity index (χ3n) is 2.95. The standard InChI is InChI=1S/C15H15BrFNO/c16-15-6-4-13(17)8-12(15)9-14(19)5-3-11-2-1-7-18-10-11/h1-2,4,6-8,10,14,19H,3,5,9H2. The van der Waals surface area contributed by atoms with Crippen molar-refractivity contribution in [2.24, 2.45) is 0 Å². The van der Waals surface area contributed by atoms with Gasteiger partial charge in [0.25, 0.3) is 0 Å². The van der Waals surface area contributed by atoms with Crippen LogP contribution in [0.2, 0.25) is 0 Å². The molecular weight excluding hydrogens is 309 g/mol. The first-order valence-corrected chi connectivity index (χ1v) is 6.95. The molecule has 0 saturated carbocycles. The zero-order chi connectivity index (χ0) is 13.7. The fourth-order valence-electron chi connectivity index (χ4n) is 1.93. The summed E-state index contributed by atoms with van der Waals surface area (Å²) in [5, 5.41) is 10.0. The summed E-state index contributed by atoms with van der Waals surface area (Å²) in [4.78, 5) is 4.03. The van der Waals surface area contributed by atoms with Crippen molar-refractivity contribution in [1.29, 1.82) is 0 Å². The Labute approximate surface area is 120 Å². The van der Waals surface area contributed by atoms with E-state index < -0.39 is 6.10 Å². The van der Waals surface area contributed by atoms with Crippen LogP contribution in [0.4, 0.5) is 4.39 Å². The van der Waals surface area contributed by atoms with Crippen molar-refractivity contribution >= 4 is 15.9 Å². The van der Waals surface area contributed by atoms with Gasteiger partial charge in [0, 0.05) is 16.9 Å². The molecule has 1 aromatic heterocycles. The molecule has 100 valence electrons. The number of nitrogens with zero attached hydrogens (tertiary/aromatic N) is 1. The number of aliphatic hydroxyl groups excluding tert-OH is 1. The van der Waals surface area contributed by atoms with Crippen molar-refractivity contribution < 1.29 is 9.50 Å². The summed E-state index contributed by atoms with van der Waals surface area (Å²) in [7, 11) is 0. The highest BCUT2D eigenvalue weighted by Crippen LogP contribution is 2.20. The summed E-state index contributed by atoms with van der Waals surface area (Å²) in [5.41, 5.74) is 1.89. The molecule has 2 rings (SSSR count). The monoisotopic (exact) mass is 323 g/mol. The average molecular weight is 324 g/mol. The molecule has 0 saturated heterocycles. The van der Waals surface area contributed by atoms with Crippen molar-refractivity contribution in [1.82, 2.24) is 4.98 Å². The second kappa shape index (κ2) is 6.78. The molecule has 0 fully saturated rings. The normalized spacial score (nSPS) is 12.4. The predicted octanol–water partition coefficient (Wildman–Crippen LogP) is 3.52. The number of aromatic nitrogens is 1. The van der Waals surface area contributed by atoms with E-state index in [-0.39, 0.29) is 5.82 Å². The second-order valence-electron chi connectivity index (χ2n) is 4.49. The molecule has 1 unspecified atom stereocenters. The molecule has 2 aromatic rings. The van der Waals surface area contributed by atoms with E-state index in [0.29, 0.717) is 12.8 Å². The number of hydrogen-bond donors (Lipinski definition) is 1. The number of aliphatic hydroxyl groups is 1. The van der Waals surface area contributed by atoms with Crippen LogP contribution in [0.5, 0.6) is 0 Å². The van der Waals surface area contributed by atoms with Crippen LogP contribution in [0.15, 0.2) is 47.2 Å². The Balaban J connectivity index is 1.90. The SMILES string of the molecule is OC(CCc1cccnc1)Cc1cc(F)ccc1Br. The van der Waals surface area contributed by atoms with E-state index >= 15 is 0 Å². The zero-order valence-corrected chi connectivity index (χ0v) is 12.0. The predicted molar refractivity (Wildman–Crippen MR) is 76.4 cm³/mol. The van der Waals surface area contributed by atoms with E-state index in [1.165, 1.54) is 12.1 Å². The van der Waals surface area contributed by atoms with Gasteiger partial charge in [0.05, 0.1) is 6.10 Å². The van der Waals surface area contributed by atoms with Crippen molar-refractivity contribution in [2.45, 2.75) is 25.4 Å². The van der Waals surface area contributed by atoms with E-state index in [1.807, 2.05) is 12.1 Å². The average Bonchev–Trinajstić information content (AvgIpc) is 2.42. The first-order valence-electron chi connectivity index (χ1n) is 6.16. The lowest BCUT2D eigenvalue weighted by Crippen LogP contribution is -2.12. The molecule has 0 amide bonds. The van der Waals surface area contributed by atoms with Gasteiger partial charge in [0.1, 0.15) is 5.82 Å². The fraction of sp³-hybridized carbons (Fsp3) is 0.267. The van der Waals surface area contributed by atoms with Gasteiger partial charge in [-0.05, 0) is 54.7 Å². The van der Waals surface area contributed by atoms with Gasteiger partial charge in [0.2, 0.25) is 0 Å². The summed E-state index contributed by atoms with van der Waals surface area (Å²) < 4.78 is 14.0. The molecule has 1 atom stereocenters. The minimum atomic E-state index is -0.488.